The first-order valence-electron chi connectivity index (χ1n) is 11.8. The Labute approximate surface area is 180 Å². The van der Waals surface area contributed by atoms with Gasteiger partial charge < -0.3 is 14.6 Å². The molecule has 1 aliphatic heterocycles. The second-order valence-corrected chi connectivity index (χ2v) is 12.1. The summed E-state index contributed by atoms with van der Waals surface area (Å²) in [6, 6.07) is 4.61. The molecule has 4 bridgehead atoms. The van der Waals surface area contributed by atoms with Gasteiger partial charge in [0.1, 0.15) is 17.5 Å². The standard InChI is InChI=1S/C27H36O3/c1-16-9-10-17-14-18-8-7-11-26-20(17)21(16)30-22(26)27(29-6)13-12-25(18,26)15-19(27)24(5,28)23(2,3)4/h9-10,12-13,18-19,22,28H,7-8,11,14-15H2,1-6H3/t18-,19-,22-,24+,25-,26+,27-/m1/s1. The molecule has 1 aromatic rings. The molecule has 2 saturated carbocycles. The van der Waals surface area contributed by atoms with Gasteiger partial charge in [-0.05, 0) is 62.0 Å². The third-order valence-corrected chi connectivity index (χ3v) is 10.4. The third kappa shape index (κ3) is 1.77. The lowest BCUT2D eigenvalue weighted by atomic mass is 9.33. The third-order valence-electron chi connectivity index (χ3n) is 10.4. The number of hydrogen-bond acceptors (Lipinski definition) is 3. The van der Waals surface area contributed by atoms with Crippen LogP contribution in [0.1, 0.15) is 70.1 Å². The van der Waals surface area contributed by atoms with Crippen molar-refractivity contribution >= 4 is 0 Å². The first kappa shape index (κ1) is 19.4. The first-order valence-corrected chi connectivity index (χ1v) is 11.8. The maximum absolute atomic E-state index is 12.0. The summed E-state index contributed by atoms with van der Waals surface area (Å²) >= 11 is 0. The normalized spacial score (nSPS) is 44.4. The smallest absolute Gasteiger partial charge is 0.142 e. The van der Waals surface area contributed by atoms with Crippen LogP contribution in [0.4, 0.5) is 0 Å². The van der Waals surface area contributed by atoms with Crippen molar-refractivity contribution < 1.29 is 14.6 Å². The minimum atomic E-state index is -0.871. The van der Waals surface area contributed by atoms with Crippen LogP contribution in [-0.2, 0) is 16.6 Å². The summed E-state index contributed by atoms with van der Waals surface area (Å²) in [5, 5.41) is 12.0. The van der Waals surface area contributed by atoms with Crippen LogP contribution >= 0.6 is 0 Å². The molecular formula is C27H36O3. The van der Waals surface area contributed by atoms with Crippen LogP contribution in [0.2, 0.25) is 0 Å². The molecule has 3 nitrogen and oxygen atoms in total. The topological polar surface area (TPSA) is 38.7 Å². The highest BCUT2D eigenvalue weighted by atomic mass is 16.6. The maximum Gasteiger partial charge on any atom is 0.142 e. The molecule has 7 rings (SSSR count). The molecule has 3 heteroatoms. The fourth-order valence-corrected chi connectivity index (χ4v) is 8.47. The van der Waals surface area contributed by atoms with Crippen molar-refractivity contribution in [3.63, 3.8) is 0 Å². The minimum absolute atomic E-state index is 0.00473. The van der Waals surface area contributed by atoms with Gasteiger partial charge in [0.05, 0.1) is 5.60 Å². The molecule has 0 aromatic heterocycles. The Balaban J connectivity index is 1.67. The van der Waals surface area contributed by atoms with Crippen molar-refractivity contribution in [2.45, 2.75) is 89.4 Å². The van der Waals surface area contributed by atoms with E-state index in [1.165, 1.54) is 29.5 Å². The van der Waals surface area contributed by atoms with E-state index in [-0.39, 0.29) is 28.3 Å². The molecule has 1 N–H and O–H groups in total. The minimum Gasteiger partial charge on any atom is -0.485 e. The predicted octanol–water partition coefficient (Wildman–Crippen LogP) is 5.11. The van der Waals surface area contributed by atoms with Crippen molar-refractivity contribution in [1.29, 1.82) is 0 Å². The molecule has 7 atom stereocenters. The molecule has 0 radical (unpaired) electrons. The van der Waals surface area contributed by atoms with E-state index >= 15 is 0 Å². The quantitative estimate of drug-likeness (QED) is 0.691. The van der Waals surface area contributed by atoms with Crippen molar-refractivity contribution in [3.8, 4) is 5.75 Å². The Morgan fingerprint density at radius 3 is 2.63 bits per heavy atom. The zero-order valence-electron chi connectivity index (χ0n) is 19.3. The Morgan fingerprint density at radius 2 is 1.93 bits per heavy atom. The molecule has 6 aliphatic rings. The van der Waals surface area contributed by atoms with Gasteiger partial charge >= 0.3 is 0 Å². The van der Waals surface area contributed by atoms with Crippen molar-refractivity contribution in [2.75, 3.05) is 7.11 Å². The van der Waals surface area contributed by atoms with Gasteiger partial charge in [0.15, 0.2) is 0 Å². The number of rotatable bonds is 2. The van der Waals surface area contributed by atoms with Gasteiger partial charge in [0, 0.05) is 29.4 Å². The van der Waals surface area contributed by atoms with Crippen LogP contribution in [0, 0.1) is 29.6 Å². The molecule has 2 fully saturated rings. The van der Waals surface area contributed by atoms with E-state index in [9.17, 15) is 5.11 Å². The molecule has 2 spiro atoms. The van der Waals surface area contributed by atoms with E-state index in [1.807, 2.05) is 14.0 Å². The number of aryl methyl sites for hydroxylation is 1. The van der Waals surface area contributed by atoms with Gasteiger partial charge in [-0.15, -0.1) is 0 Å². The number of hydrogen-bond donors (Lipinski definition) is 1. The summed E-state index contributed by atoms with van der Waals surface area (Å²) in [7, 11) is 1.83. The van der Waals surface area contributed by atoms with Crippen LogP contribution in [0.15, 0.2) is 24.3 Å². The molecule has 0 amide bonds. The van der Waals surface area contributed by atoms with Crippen LogP contribution in [0.5, 0.6) is 5.75 Å². The van der Waals surface area contributed by atoms with Gasteiger partial charge in [-0.25, -0.2) is 0 Å². The van der Waals surface area contributed by atoms with Crippen molar-refractivity contribution in [3.05, 3.63) is 41.0 Å². The number of methoxy groups -OCH3 is 1. The molecular weight excluding hydrogens is 372 g/mol. The number of fused-ring (bicyclic) bond motifs is 1. The average molecular weight is 409 g/mol. The number of ether oxygens (including phenoxy) is 2. The molecule has 0 unspecified atom stereocenters. The second-order valence-electron chi connectivity index (χ2n) is 12.1. The van der Waals surface area contributed by atoms with E-state index in [2.05, 4.69) is 52.0 Å². The lowest BCUT2D eigenvalue weighted by Crippen LogP contribution is -2.78. The maximum atomic E-state index is 12.0. The average Bonchev–Trinajstić information content (AvgIpc) is 3.05. The van der Waals surface area contributed by atoms with E-state index in [4.69, 9.17) is 9.47 Å². The molecule has 1 aromatic carbocycles. The van der Waals surface area contributed by atoms with Gasteiger partial charge in [-0.2, -0.15) is 0 Å². The lowest BCUT2D eigenvalue weighted by Gasteiger charge is -2.72. The van der Waals surface area contributed by atoms with E-state index < -0.39 is 11.2 Å². The van der Waals surface area contributed by atoms with Crippen LogP contribution < -0.4 is 4.74 Å². The largest absolute Gasteiger partial charge is 0.485 e. The van der Waals surface area contributed by atoms with Crippen LogP contribution in [0.3, 0.4) is 0 Å². The van der Waals surface area contributed by atoms with Gasteiger partial charge in [-0.1, -0.05) is 51.5 Å². The first-order chi connectivity index (χ1) is 14.1. The van der Waals surface area contributed by atoms with Crippen molar-refractivity contribution in [1.82, 2.24) is 0 Å². The predicted molar refractivity (Wildman–Crippen MR) is 118 cm³/mol. The van der Waals surface area contributed by atoms with Crippen LogP contribution in [0.25, 0.3) is 0 Å². The summed E-state index contributed by atoms with van der Waals surface area (Å²) in [4.78, 5) is 0. The lowest BCUT2D eigenvalue weighted by molar-refractivity contribution is -0.259. The molecule has 1 heterocycles. The number of benzene rings is 1. The Morgan fingerprint density at radius 1 is 1.17 bits per heavy atom. The van der Waals surface area contributed by atoms with E-state index in [1.54, 1.807) is 0 Å². The van der Waals surface area contributed by atoms with Gasteiger partial charge in [-0.3, -0.25) is 0 Å². The highest BCUT2D eigenvalue weighted by Gasteiger charge is 2.79. The van der Waals surface area contributed by atoms with Gasteiger partial charge in [0.2, 0.25) is 0 Å². The molecule has 5 aliphatic carbocycles. The SMILES string of the molecule is CO[C@]12C=C[C@@]3(C[C@@H]1[C@](C)(O)C(C)(C)C)[C@@H]1CCC[C@@]34c3c(ccc(C)c3O[C@@H]24)C1. The fourth-order valence-electron chi connectivity index (χ4n) is 8.47. The summed E-state index contributed by atoms with van der Waals surface area (Å²) in [6.45, 7) is 10.7. The fraction of sp³-hybridized carbons (Fsp3) is 0.704. The van der Waals surface area contributed by atoms with Crippen LogP contribution in [-0.4, -0.2) is 29.5 Å². The molecule has 0 saturated heterocycles. The zero-order chi connectivity index (χ0) is 21.3. The number of allylic oxidation sites excluding steroid dienone is 1. The Bertz CT molecular complexity index is 969. The number of aliphatic hydroxyl groups is 1. The summed E-state index contributed by atoms with van der Waals surface area (Å²) in [5.74, 6) is 1.72. The molecule has 30 heavy (non-hydrogen) atoms. The summed E-state index contributed by atoms with van der Waals surface area (Å²) in [5.41, 5.74) is 2.53. The zero-order valence-corrected chi connectivity index (χ0v) is 19.3. The second kappa shape index (κ2) is 5.35. The van der Waals surface area contributed by atoms with E-state index in [0.717, 1.165) is 25.0 Å². The Kier molecular flexibility index (Phi) is 3.46. The van der Waals surface area contributed by atoms with E-state index in [0.29, 0.717) is 5.92 Å². The highest BCUT2D eigenvalue weighted by molar-refractivity contribution is 5.62. The van der Waals surface area contributed by atoms with Gasteiger partial charge in [0.25, 0.3) is 0 Å². The monoisotopic (exact) mass is 408 g/mol. The van der Waals surface area contributed by atoms with Crippen molar-refractivity contribution in [2.24, 2.45) is 22.7 Å². The summed E-state index contributed by atoms with van der Waals surface area (Å²) < 4.78 is 13.5. The molecule has 162 valence electrons. The summed E-state index contributed by atoms with van der Waals surface area (Å²) in [6.07, 6.45) is 10.6. The Hall–Kier alpha value is -1.32. The highest BCUT2D eigenvalue weighted by Crippen LogP contribution is 2.77.